The molecule has 1 aliphatic heterocycles. The second-order valence-electron chi connectivity index (χ2n) is 8.66. The van der Waals surface area contributed by atoms with Gasteiger partial charge in [-0.05, 0) is 60.5 Å². The van der Waals surface area contributed by atoms with E-state index in [9.17, 15) is 9.59 Å². The number of aryl methyl sites for hydroxylation is 1. The van der Waals surface area contributed by atoms with E-state index in [2.05, 4.69) is 11.4 Å². The zero-order valence-corrected chi connectivity index (χ0v) is 21.1. The summed E-state index contributed by atoms with van der Waals surface area (Å²) >= 11 is 1.72. The van der Waals surface area contributed by atoms with Gasteiger partial charge in [0.25, 0.3) is 5.91 Å². The Kier molecular flexibility index (Phi) is 8.55. The summed E-state index contributed by atoms with van der Waals surface area (Å²) < 4.78 is 11.3. The van der Waals surface area contributed by atoms with Crippen molar-refractivity contribution in [2.75, 3.05) is 40.0 Å². The molecule has 0 radical (unpaired) electrons. The van der Waals surface area contributed by atoms with Gasteiger partial charge in [-0.3, -0.25) is 9.59 Å². The second kappa shape index (κ2) is 12.0. The maximum atomic E-state index is 13.7. The van der Waals surface area contributed by atoms with Crippen LogP contribution in [0.25, 0.3) is 0 Å². The van der Waals surface area contributed by atoms with Crippen LogP contribution in [-0.4, -0.2) is 61.6 Å². The lowest BCUT2D eigenvalue weighted by molar-refractivity contribution is -0.135. The van der Waals surface area contributed by atoms with E-state index in [1.807, 2.05) is 66.4 Å². The van der Waals surface area contributed by atoms with Gasteiger partial charge in [-0.15, -0.1) is 11.3 Å². The van der Waals surface area contributed by atoms with E-state index in [0.29, 0.717) is 38.3 Å². The minimum atomic E-state index is -0.188. The second-order valence-corrected chi connectivity index (χ2v) is 9.66. The Hall–Kier alpha value is -3.16. The van der Waals surface area contributed by atoms with Crippen LogP contribution in [0.1, 0.15) is 38.8 Å². The monoisotopic (exact) mass is 492 g/mol. The van der Waals surface area contributed by atoms with E-state index in [0.717, 1.165) is 23.3 Å². The number of para-hydroxylation sites is 1. The summed E-state index contributed by atoms with van der Waals surface area (Å²) in [6.45, 7) is 3.91. The van der Waals surface area contributed by atoms with Crippen molar-refractivity contribution in [1.82, 2.24) is 9.80 Å². The standard InChI is InChI=1S/C28H32N2O4S/c1-21-9-6-7-12-23(21)28(32)29(15-8-17-33-2)19-27(31)30-16-13-26-24(14-18-35-26)25(30)20-34-22-10-4-3-5-11-22/h3-7,9-12,14,18,25H,8,13,15-17,19-20H2,1-2H3. The lowest BCUT2D eigenvalue weighted by Crippen LogP contribution is -2.48. The molecule has 6 nitrogen and oxygen atoms in total. The molecular weight excluding hydrogens is 460 g/mol. The van der Waals surface area contributed by atoms with Crippen LogP contribution in [0, 0.1) is 6.92 Å². The molecule has 0 aliphatic carbocycles. The van der Waals surface area contributed by atoms with Crippen molar-refractivity contribution in [1.29, 1.82) is 0 Å². The molecule has 2 amide bonds. The van der Waals surface area contributed by atoms with Crippen molar-refractivity contribution in [2.24, 2.45) is 0 Å². The van der Waals surface area contributed by atoms with E-state index in [-0.39, 0.29) is 24.4 Å². The van der Waals surface area contributed by atoms with Crippen molar-refractivity contribution in [2.45, 2.75) is 25.8 Å². The number of amides is 2. The largest absolute Gasteiger partial charge is 0.491 e. The van der Waals surface area contributed by atoms with Crippen molar-refractivity contribution in [3.63, 3.8) is 0 Å². The van der Waals surface area contributed by atoms with E-state index in [1.54, 1.807) is 23.3 Å². The molecule has 0 spiro atoms. The van der Waals surface area contributed by atoms with E-state index >= 15 is 0 Å². The molecule has 35 heavy (non-hydrogen) atoms. The van der Waals surface area contributed by atoms with Crippen molar-refractivity contribution in [3.05, 3.63) is 87.6 Å². The highest BCUT2D eigenvalue weighted by Crippen LogP contribution is 2.34. The average molecular weight is 493 g/mol. The van der Waals surface area contributed by atoms with Crippen LogP contribution < -0.4 is 4.74 Å². The van der Waals surface area contributed by atoms with E-state index < -0.39 is 0 Å². The Bertz CT molecular complexity index is 1130. The maximum Gasteiger partial charge on any atom is 0.254 e. The minimum Gasteiger partial charge on any atom is -0.491 e. The van der Waals surface area contributed by atoms with Crippen LogP contribution in [0.4, 0.5) is 0 Å². The molecule has 7 heteroatoms. The number of carbonyl (C=O) groups excluding carboxylic acids is 2. The Morgan fingerprint density at radius 3 is 2.63 bits per heavy atom. The fraction of sp³-hybridized carbons (Fsp3) is 0.357. The first-order valence-corrected chi connectivity index (χ1v) is 12.8. The van der Waals surface area contributed by atoms with Gasteiger partial charge in [-0.2, -0.15) is 0 Å². The van der Waals surface area contributed by atoms with Gasteiger partial charge in [0.2, 0.25) is 5.91 Å². The third-order valence-corrected chi connectivity index (χ3v) is 7.33. The Morgan fingerprint density at radius 1 is 1.09 bits per heavy atom. The number of benzene rings is 2. The van der Waals surface area contributed by atoms with Crippen molar-refractivity contribution >= 4 is 23.2 Å². The van der Waals surface area contributed by atoms with Crippen LogP contribution in [0.2, 0.25) is 0 Å². The number of fused-ring (bicyclic) bond motifs is 1. The molecule has 2 heterocycles. The minimum absolute atomic E-state index is 0.0260. The summed E-state index contributed by atoms with van der Waals surface area (Å²) in [5.41, 5.74) is 2.67. The van der Waals surface area contributed by atoms with Gasteiger partial charge in [0, 0.05) is 37.2 Å². The number of ether oxygens (including phenoxy) is 2. The first kappa shape index (κ1) is 24.9. The van der Waals surface area contributed by atoms with Gasteiger partial charge >= 0.3 is 0 Å². The van der Waals surface area contributed by atoms with Crippen molar-refractivity contribution < 1.29 is 19.1 Å². The van der Waals surface area contributed by atoms with Gasteiger partial charge in [0.1, 0.15) is 18.9 Å². The predicted octanol–water partition coefficient (Wildman–Crippen LogP) is 4.74. The molecule has 0 saturated heterocycles. The molecule has 1 aromatic heterocycles. The molecule has 3 aromatic rings. The van der Waals surface area contributed by atoms with E-state index in [1.165, 1.54) is 4.88 Å². The Balaban J connectivity index is 1.53. The quantitative estimate of drug-likeness (QED) is 0.384. The molecule has 1 unspecified atom stereocenters. The van der Waals surface area contributed by atoms with Gasteiger partial charge in [-0.1, -0.05) is 36.4 Å². The van der Waals surface area contributed by atoms with Crippen LogP contribution in [0.5, 0.6) is 5.75 Å². The number of nitrogens with zero attached hydrogens (tertiary/aromatic N) is 2. The van der Waals surface area contributed by atoms with Crippen LogP contribution in [-0.2, 0) is 16.0 Å². The third-order valence-electron chi connectivity index (χ3n) is 6.33. The van der Waals surface area contributed by atoms with Crippen LogP contribution in [0.3, 0.4) is 0 Å². The summed E-state index contributed by atoms with van der Waals surface area (Å²) in [7, 11) is 1.64. The summed E-state index contributed by atoms with van der Waals surface area (Å²) in [6, 6.07) is 19.1. The van der Waals surface area contributed by atoms with Gasteiger partial charge in [0.05, 0.1) is 6.04 Å². The van der Waals surface area contributed by atoms with Gasteiger partial charge in [-0.25, -0.2) is 0 Å². The number of hydrogen-bond acceptors (Lipinski definition) is 5. The molecule has 4 rings (SSSR count). The molecule has 0 saturated carbocycles. The third kappa shape index (κ3) is 6.10. The highest BCUT2D eigenvalue weighted by atomic mass is 32.1. The van der Waals surface area contributed by atoms with E-state index in [4.69, 9.17) is 9.47 Å². The normalized spacial score (nSPS) is 14.9. The number of rotatable bonds is 10. The number of thiophene rings is 1. The smallest absolute Gasteiger partial charge is 0.254 e. The maximum absolute atomic E-state index is 13.7. The SMILES string of the molecule is COCCCN(CC(=O)N1CCc2sccc2C1COc1ccccc1)C(=O)c1ccccc1C. The molecule has 0 bridgehead atoms. The van der Waals surface area contributed by atoms with Crippen molar-refractivity contribution in [3.8, 4) is 5.75 Å². The highest BCUT2D eigenvalue weighted by Gasteiger charge is 2.33. The first-order chi connectivity index (χ1) is 17.1. The topological polar surface area (TPSA) is 59.1 Å². The number of carbonyl (C=O) groups is 2. The average Bonchev–Trinajstić information content (AvgIpc) is 3.36. The highest BCUT2D eigenvalue weighted by molar-refractivity contribution is 7.10. The summed E-state index contributed by atoms with van der Waals surface area (Å²) in [5.74, 6) is 0.582. The van der Waals surface area contributed by atoms with Crippen LogP contribution >= 0.6 is 11.3 Å². The molecule has 0 fully saturated rings. The Morgan fingerprint density at radius 2 is 1.86 bits per heavy atom. The summed E-state index contributed by atoms with van der Waals surface area (Å²) in [4.78, 5) is 31.9. The molecule has 0 N–H and O–H groups in total. The fourth-order valence-corrected chi connectivity index (χ4v) is 5.38. The number of hydrogen-bond donors (Lipinski definition) is 0. The number of methoxy groups -OCH3 is 1. The zero-order chi connectivity index (χ0) is 24.6. The van der Waals surface area contributed by atoms with Gasteiger partial charge in [0.15, 0.2) is 0 Å². The Labute approximate surface area is 211 Å². The molecular formula is C28H32N2O4S. The van der Waals surface area contributed by atoms with Crippen LogP contribution in [0.15, 0.2) is 66.0 Å². The first-order valence-electron chi connectivity index (χ1n) is 12.0. The summed E-state index contributed by atoms with van der Waals surface area (Å²) in [6.07, 6.45) is 1.48. The van der Waals surface area contributed by atoms with Gasteiger partial charge < -0.3 is 19.3 Å². The zero-order valence-electron chi connectivity index (χ0n) is 20.3. The fourth-order valence-electron chi connectivity index (χ4n) is 4.46. The lowest BCUT2D eigenvalue weighted by atomic mass is 10.00. The summed E-state index contributed by atoms with van der Waals surface area (Å²) in [5, 5.41) is 2.08. The predicted molar refractivity (Wildman–Crippen MR) is 138 cm³/mol. The molecule has 1 aliphatic rings. The molecule has 1 atom stereocenters. The lowest BCUT2D eigenvalue weighted by Gasteiger charge is -2.37. The molecule has 2 aromatic carbocycles. The molecule has 184 valence electrons.